The topological polar surface area (TPSA) is 149 Å². The third kappa shape index (κ3) is 6.84. The summed E-state index contributed by atoms with van der Waals surface area (Å²) in [5.74, 6) is -1.12. The summed E-state index contributed by atoms with van der Waals surface area (Å²) in [5, 5.41) is 24.5. The number of para-hydroxylation sites is 1. The number of aromatic nitrogens is 1. The molecule has 1 aromatic heterocycles. The number of amides is 1. The first-order valence-corrected chi connectivity index (χ1v) is 11.0. The van der Waals surface area contributed by atoms with Gasteiger partial charge < -0.3 is 14.0 Å². The Labute approximate surface area is 218 Å². The van der Waals surface area contributed by atoms with Crippen molar-refractivity contribution in [3.63, 3.8) is 0 Å². The zero-order valence-electron chi connectivity index (χ0n) is 20.5. The van der Waals surface area contributed by atoms with Crippen molar-refractivity contribution in [2.75, 3.05) is 7.11 Å². The Bertz CT molecular complexity index is 1540. The minimum Gasteiger partial charge on any atom is -0.449 e. The van der Waals surface area contributed by atoms with Crippen molar-refractivity contribution in [2.24, 2.45) is 5.10 Å². The Hall–Kier alpha value is -5.03. The largest absolute Gasteiger partial charge is 0.449 e. The van der Waals surface area contributed by atoms with Crippen molar-refractivity contribution in [2.45, 2.75) is 26.3 Å². The molecule has 14 heteroatoms. The Morgan fingerprint density at radius 1 is 1.23 bits per heavy atom. The second kappa shape index (κ2) is 12.0. The summed E-state index contributed by atoms with van der Waals surface area (Å²) in [6.45, 7) is 1.19. The van der Waals surface area contributed by atoms with Crippen LogP contribution in [0.3, 0.4) is 0 Å². The molecule has 0 aliphatic heterocycles. The molecule has 2 aromatic carbocycles. The van der Waals surface area contributed by atoms with Crippen molar-refractivity contribution >= 4 is 17.8 Å². The average Bonchev–Trinajstić information content (AvgIpc) is 2.87. The van der Waals surface area contributed by atoms with Gasteiger partial charge in [-0.1, -0.05) is 12.1 Å². The van der Waals surface area contributed by atoms with Crippen LogP contribution in [-0.4, -0.2) is 28.7 Å². The molecule has 0 fully saturated rings. The lowest BCUT2D eigenvalue weighted by Gasteiger charge is -2.12. The fourth-order valence-electron chi connectivity index (χ4n) is 3.49. The number of carbonyl (C=O) groups excluding carboxylic acids is 1. The number of hydrogen-bond acceptors (Lipinski definition) is 8. The average molecular weight is 543 g/mol. The summed E-state index contributed by atoms with van der Waals surface area (Å²) in [4.78, 5) is 35.4. The molecule has 0 spiro atoms. The van der Waals surface area contributed by atoms with Gasteiger partial charge in [0.05, 0.1) is 23.3 Å². The molecule has 0 saturated carbocycles. The first kappa shape index (κ1) is 28.5. The Balaban J connectivity index is 1.79. The first-order chi connectivity index (χ1) is 18.5. The highest BCUT2D eigenvalue weighted by Crippen LogP contribution is 2.38. The number of methoxy groups -OCH3 is 1. The van der Waals surface area contributed by atoms with E-state index >= 15 is 0 Å². The van der Waals surface area contributed by atoms with Gasteiger partial charge in [0.2, 0.25) is 5.75 Å². The van der Waals surface area contributed by atoms with E-state index in [-0.39, 0.29) is 23.5 Å². The van der Waals surface area contributed by atoms with Crippen LogP contribution < -0.4 is 15.7 Å². The van der Waals surface area contributed by atoms with Crippen molar-refractivity contribution in [3.8, 4) is 17.6 Å². The van der Waals surface area contributed by atoms with Crippen molar-refractivity contribution < 1.29 is 32.4 Å². The van der Waals surface area contributed by atoms with Gasteiger partial charge in [-0.15, -0.1) is 0 Å². The standard InChI is InChI=1S/C25H20F3N5O6/c1-15-9-17(14-38-2)19(11-29)24(35)32(15)13-23(34)31-30-12-16-5-3-4-6-21(16)39-22-8-7-18(25(26,27)28)10-20(22)33(36)37/h3-10,12H,13-14H2,1-2H3,(H,31,34)/b30-12+. The number of nitro groups is 1. The fraction of sp³-hybridized carbons (Fsp3) is 0.200. The summed E-state index contributed by atoms with van der Waals surface area (Å²) in [6, 6.07) is 11.2. The predicted molar refractivity (Wildman–Crippen MR) is 131 cm³/mol. The zero-order valence-corrected chi connectivity index (χ0v) is 20.5. The molecule has 11 nitrogen and oxygen atoms in total. The van der Waals surface area contributed by atoms with Crippen molar-refractivity contribution in [1.82, 2.24) is 9.99 Å². The molecule has 0 saturated heterocycles. The van der Waals surface area contributed by atoms with Gasteiger partial charge in [-0.05, 0) is 37.3 Å². The van der Waals surface area contributed by atoms with Crippen molar-refractivity contribution in [3.05, 3.63) is 96.9 Å². The summed E-state index contributed by atoms with van der Waals surface area (Å²) >= 11 is 0. The second-order valence-electron chi connectivity index (χ2n) is 7.99. The van der Waals surface area contributed by atoms with Crippen LogP contribution in [-0.2, 0) is 28.9 Å². The molecule has 39 heavy (non-hydrogen) atoms. The molecule has 1 amide bonds. The zero-order chi connectivity index (χ0) is 28.7. The van der Waals surface area contributed by atoms with E-state index in [1.54, 1.807) is 19.1 Å². The van der Waals surface area contributed by atoms with Crippen LogP contribution in [0.15, 0.2) is 58.4 Å². The summed E-state index contributed by atoms with van der Waals surface area (Å²) in [6.07, 6.45) is -3.63. The fourth-order valence-corrected chi connectivity index (χ4v) is 3.49. The normalized spacial score (nSPS) is 11.3. The SMILES string of the molecule is COCc1cc(C)n(CC(=O)N/N=C/c2ccccc2Oc2ccc(C(F)(F)F)cc2[N+](=O)[O-])c(=O)c1C#N. The van der Waals surface area contributed by atoms with Gasteiger partial charge in [0, 0.05) is 30.0 Å². The molecule has 3 rings (SSSR count). The van der Waals surface area contributed by atoms with Crippen LogP contribution in [0.5, 0.6) is 11.5 Å². The van der Waals surface area contributed by atoms with E-state index in [0.717, 1.165) is 16.8 Å². The first-order valence-electron chi connectivity index (χ1n) is 11.0. The second-order valence-corrected chi connectivity index (χ2v) is 7.99. The maximum absolute atomic E-state index is 13.0. The lowest BCUT2D eigenvalue weighted by atomic mass is 10.1. The molecule has 1 N–H and O–H groups in total. The molecule has 1 heterocycles. The van der Waals surface area contributed by atoms with E-state index in [4.69, 9.17) is 9.47 Å². The molecule has 202 valence electrons. The minimum absolute atomic E-state index is 0.0119. The van der Waals surface area contributed by atoms with Gasteiger partial charge in [0.1, 0.15) is 23.9 Å². The molecule has 0 bridgehead atoms. The Kier molecular flexibility index (Phi) is 8.79. The minimum atomic E-state index is -4.78. The molecule has 3 aromatic rings. The Morgan fingerprint density at radius 3 is 2.59 bits per heavy atom. The smallest absolute Gasteiger partial charge is 0.416 e. The number of alkyl halides is 3. The van der Waals surface area contributed by atoms with Crippen LogP contribution in [0.4, 0.5) is 18.9 Å². The van der Waals surface area contributed by atoms with Gasteiger partial charge >= 0.3 is 11.9 Å². The van der Waals surface area contributed by atoms with E-state index in [9.17, 15) is 38.1 Å². The maximum Gasteiger partial charge on any atom is 0.416 e. The number of nitro benzene ring substituents is 1. The van der Waals surface area contributed by atoms with Crippen LogP contribution in [0.2, 0.25) is 0 Å². The lowest BCUT2D eigenvalue weighted by Crippen LogP contribution is -2.33. The molecular formula is C25H20F3N5O6. The number of aryl methyl sites for hydroxylation is 1. The number of nitrogens with one attached hydrogen (secondary N) is 1. The number of carbonyl (C=O) groups is 1. The van der Waals surface area contributed by atoms with E-state index < -0.39 is 46.1 Å². The highest BCUT2D eigenvalue weighted by molar-refractivity contribution is 5.85. The number of benzene rings is 2. The van der Waals surface area contributed by atoms with E-state index in [2.05, 4.69) is 10.5 Å². The third-order valence-corrected chi connectivity index (χ3v) is 5.32. The van der Waals surface area contributed by atoms with Crippen molar-refractivity contribution in [1.29, 1.82) is 5.26 Å². The highest BCUT2D eigenvalue weighted by atomic mass is 19.4. The third-order valence-electron chi connectivity index (χ3n) is 5.32. The quantitative estimate of drug-likeness (QED) is 0.243. The number of hydrazone groups is 1. The number of nitrogens with zero attached hydrogens (tertiary/aromatic N) is 4. The van der Waals surface area contributed by atoms with Gasteiger partial charge in [-0.2, -0.15) is 23.5 Å². The number of rotatable bonds is 9. The van der Waals surface area contributed by atoms with E-state index in [0.29, 0.717) is 23.4 Å². The maximum atomic E-state index is 13.0. The summed E-state index contributed by atoms with van der Waals surface area (Å²) in [5.41, 5.74) is 0.361. The molecule has 0 aliphatic carbocycles. The molecule has 0 radical (unpaired) electrons. The van der Waals surface area contributed by atoms with E-state index in [1.165, 1.54) is 25.3 Å². The van der Waals surface area contributed by atoms with E-state index in [1.807, 2.05) is 6.07 Å². The number of pyridine rings is 1. The molecule has 0 unspecified atom stereocenters. The summed E-state index contributed by atoms with van der Waals surface area (Å²) < 4.78 is 50.5. The summed E-state index contributed by atoms with van der Waals surface area (Å²) in [7, 11) is 1.42. The van der Waals surface area contributed by atoms with Gasteiger partial charge in [-0.3, -0.25) is 19.7 Å². The van der Waals surface area contributed by atoms with Gasteiger partial charge in [0.25, 0.3) is 11.5 Å². The molecule has 0 aliphatic rings. The van der Waals surface area contributed by atoms with Crippen LogP contribution in [0.1, 0.15) is 27.9 Å². The monoisotopic (exact) mass is 543 g/mol. The predicted octanol–water partition coefficient (Wildman–Crippen LogP) is 4.04. The molecular weight excluding hydrogens is 523 g/mol. The van der Waals surface area contributed by atoms with Crippen LogP contribution in [0, 0.1) is 28.4 Å². The van der Waals surface area contributed by atoms with Gasteiger partial charge in [-0.25, -0.2) is 5.43 Å². The number of nitriles is 1. The van der Waals surface area contributed by atoms with Crippen LogP contribution >= 0.6 is 0 Å². The number of ether oxygens (including phenoxy) is 2. The van der Waals surface area contributed by atoms with Gasteiger partial charge in [0.15, 0.2) is 0 Å². The van der Waals surface area contributed by atoms with Crippen LogP contribution in [0.25, 0.3) is 0 Å². The lowest BCUT2D eigenvalue weighted by molar-refractivity contribution is -0.385. The highest BCUT2D eigenvalue weighted by Gasteiger charge is 2.33. The molecule has 0 atom stereocenters. The number of hydrogen-bond donors (Lipinski definition) is 1. The Morgan fingerprint density at radius 2 is 1.95 bits per heavy atom. The number of halogens is 3.